The zero-order valence-electron chi connectivity index (χ0n) is 24.0. The first-order valence-electron chi connectivity index (χ1n) is 14.6. The van der Waals surface area contributed by atoms with Gasteiger partial charge in [-0.3, -0.25) is 9.20 Å². The molecule has 2 aliphatic rings. The fourth-order valence-electron chi connectivity index (χ4n) is 5.76. The van der Waals surface area contributed by atoms with Gasteiger partial charge in [0.2, 0.25) is 0 Å². The molecule has 2 aromatic carbocycles. The number of piperidine rings is 1. The second kappa shape index (κ2) is 12.0. The van der Waals surface area contributed by atoms with Crippen LogP contribution >= 0.6 is 0 Å². The lowest BCUT2D eigenvalue weighted by atomic mass is 9.96. The van der Waals surface area contributed by atoms with Gasteiger partial charge < -0.3 is 20.7 Å². The van der Waals surface area contributed by atoms with Gasteiger partial charge >= 0.3 is 0 Å². The smallest absolute Gasteiger partial charge is 0.254 e. The average Bonchev–Trinajstić information content (AvgIpc) is 3.67. The van der Waals surface area contributed by atoms with E-state index in [2.05, 4.69) is 21.2 Å². The number of hydrogen-bond acceptors (Lipinski definition) is 6. The molecule has 43 heavy (non-hydrogen) atoms. The molecule has 2 atom stereocenters. The molecule has 1 aliphatic heterocycles. The Labute approximate surface area is 249 Å². The summed E-state index contributed by atoms with van der Waals surface area (Å²) in [5.74, 6) is 3.52. The van der Waals surface area contributed by atoms with Gasteiger partial charge in [0.1, 0.15) is 18.2 Å². The number of aryl methyl sites for hydroxylation is 1. The molecule has 8 nitrogen and oxygen atoms in total. The molecule has 0 bridgehead atoms. The minimum atomic E-state index is -1.01. The number of hydrogen-bond donors (Lipinski definition) is 2. The van der Waals surface area contributed by atoms with Gasteiger partial charge in [-0.15, -0.1) is 12.3 Å². The van der Waals surface area contributed by atoms with Gasteiger partial charge in [-0.05, 0) is 74.5 Å². The molecule has 1 aliphatic carbocycles. The number of alkyl halides is 1. The molecule has 1 saturated heterocycles. The van der Waals surface area contributed by atoms with Crippen molar-refractivity contribution in [1.82, 2.24) is 19.3 Å². The quantitative estimate of drug-likeness (QED) is 0.252. The fraction of sp³-hybridized carbons (Fsp3) is 0.364. The third kappa shape index (κ3) is 5.65. The van der Waals surface area contributed by atoms with Crippen LogP contribution in [0.5, 0.6) is 5.75 Å². The Balaban J connectivity index is 1.21. The first-order valence-corrected chi connectivity index (χ1v) is 14.6. The Bertz CT molecular complexity index is 1710. The summed E-state index contributed by atoms with van der Waals surface area (Å²) in [5.41, 5.74) is 9.01. The standard InChI is InChI=1S/C33H34F2N6O2/c1-3-22-15-23(22)19-43-29-7-6-26(30(35)27(29)16-34)28-18-38-32-31(37-10-13-41(28)32)39-24-4-5-25(20(2)14-24)33(42)40-11-8-21(17-36)9-12-40/h1,4-7,10,13-14,18,21-23H,8-9,11-12,15-17,19,36H2,2H3,(H,37,39). The van der Waals surface area contributed by atoms with Crippen molar-refractivity contribution in [2.45, 2.75) is 32.9 Å². The summed E-state index contributed by atoms with van der Waals surface area (Å²) >= 11 is 0. The van der Waals surface area contributed by atoms with E-state index in [1.807, 2.05) is 30.0 Å². The van der Waals surface area contributed by atoms with Crippen LogP contribution in [-0.2, 0) is 6.67 Å². The topological polar surface area (TPSA) is 97.8 Å². The molecule has 4 aromatic rings. The fourth-order valence-corrected chi connectivity index (χ4v) is 5.76. The van der Waals surface area contributed by atoms with Gasteiger partial charge in [-0.2, -0.15) is 0 Å². The van der Waals surface area contributed by atoms with E-state index in [0.717, 1.165) is 30.5 Å². The summed E-state index contributed by atoms with van der Waals surface area (Å²) < 4.78 is 37.1. The monoisotopic (exact) mass is 584 g/mol. The maximum Gasteiger partial charge on any atom is 0.254 e. The number of carbonyl (C=O) groups excluding carboxylic acids is 1. The van der Waals surface area contributed by atoms with Crippen LogP contribution in [0.3, 0.4) is 0 Å². The number of carbonyl (C=O) groups is 1. The van der Waals surface area contributed by atoms with E-state index in [1.165, 1.54) is 6.20 Å². The van der Waals surface area contributed by atoms with Crippen LogP contribution in [0.2, 0.25) is 0 Å². The molecule has 3 N–H and O–H groups in total. The SMILES string of the molecule is C#CC1CC1COc1ccc(-c2cnc3c(Nc4ccc(C(=O)N5CCC(CN)CC5)c(C)c4)nccn23)c(F)c1CF. The molecule has 0 radical (unpaired) electrons. The van der Waals surface area contributed by atoms with Crippen LogP contribution < -0.4 is 15.8 Å². The molecular formula is C33H34F2N6O2. The molecule has 1 saturated carbocycles. The molecule has 6 rings (SSSR count). The summed E-state index contributed by atoms with van der Waals surface area (Å²) in [7, 11) is 0. The number of nitrogens with zero attached hydrogens (tertiary/aromatic N) is 4. The van der Waals surface area contributed by atoms with Crippen molar-refractivity contribution in [3.05, 3.63) is 71.4 Å². The highest BCUT2D eigenvalue weighted by Gasteiger charge is 2.36. The second-order valence-corrected chi connectivity index (χ2v) is 11.4. The second-order valence-electron chi connectivity index (χ2n) is 11.4. The van der Waals surface area contributed by atoms with E-state index in [4.69, 9.17) is 16.9 Å². The summed E-state index contributed by atoms with van der Waals surface area (Å²) in [6, 6.07) is 8.71. The molecule has 2 unspecified atom stereocenters. The maximum absolute atomic E-state index is 15.6. The number of imidazole rings is 1. The molecule has 1 amide bonds. The number of amides is 1. The number of rotatable bonds is 9. The number of fused-ring (bicyclic) bond motifs is 1. The van der Waals surface area contributed by atoms with E-state index in [-0.39, 0.29) is 34.6 Å². The normalized spacial score (nSPS) is 18.4. The van der Waals surface area contributed by atoms with Crippen LogP contribution in [0.1, 0.15) is 40.7 Å². The first-order chi connectivity index (χ1) is 20.9. The van der Waals surface area contributed by atoms with Crippen LogP contribution in [0.25, 0.3) is 16.9 Å². The van der Waals surface area contributed by atoms with E-state index < -0.39 is 12.5 Å². The van der Waals surface area contributed by atoms with Crippen molar-refractivity contribution < 1.29 is 18.3 Å². The van der Waals surface area contributed by atoms with Crippen LogP contribution in [0.4, 0.5) is 20.3 Å². The summed E-state index contributed by atoms with van der Waals surface area (Å²) in [4.78, 5) is 24.0. The molecule has 222 valence electrons. The van der Waals surface area contributed by atoms with E-state index >= 15 is 4.39 Å². The van der Waals surface area contributed by atoms with Gasteiger partial charge in [-0.1, -0.05) is 0 Å². The number of benzene rings is 2. The lowest BCUT2D eigenvalue weighted by Crippen LogP contribution is -2.40. The molecular weight excluding hydrogens is 550 g/mol. The van der Waals surface area contributed by atoms with Crippen molar-refractivity contribution in [2.24, 2.45) is 23.5 Å². The van der Waals surface area contributed by atoms with Crippen molar-refractivity contribution in [2.75, 3.05) is 31.6 Å². The highest BCUT2D eigenvalue weighted by Crippen LogP contribution is 2.39. The molecule has 2 aromatic heterocycles. The number of nitrogens with two attached hydrogens (primary N) is 1. The largest absolute Gasteiger partial charge is 0.493 e. The van der Waals surface area contributed by atoms with Crippen LogP contribution in [-0.4, -0.2) is 51.4 Å². The average molecular weight is 585 g/mol. The van der Waals surface area contributed by atoms with E-state index in [0.29, 0.717) is 54.9 Å². The van der Waals surface area contributed by atoms with E-state index in [1.54, 1.807) is 28.9 Å². The Morgan fingerprint density at radius 2 is 2.05 bits per heavy atom. The van der Waals surface area contributed by atoms with Crippen LogP contribution in [0.15, 0.2) is 48.9 Å². The summed E-state index contributed by atoms with van der Waals surface area (Å²) in [6.07, 6.45) is 13.0. The number of halogens is 2. The molecule has 3 heterocycles. The lowest BCUT2D eigenvalue weighted by Gasteiger charge is -2.31. The molecule has 2 fully saturated rings. The lowest BCUT2D eigenvalue weighted by molar-refractivity contribution is 0.0692. The number of aromatic nitrogens is 3. The van der Waals surface area contributed by atoms with Gasteiger partial charge in [0.05, 0.1) is 24.1 Å². The number of likely N-dealkylation sites (tertiary alicyclic amines) is 1. The minimum absolute atomic E-state index is 0.0213. The third-order valence-corrected chi connectivity index (χ3v) is 8.58. The highest BCUT2D eigenvalue weighted by molar-refractivity contribution is 5.96. The third-order valence-electron chi connectivity index (χ3n) is 8.58. The van der Waals surface area contributed by atoms with Crippen LogP contribution in [0, 0.1) is 42.8 Å². The first kappa shape index (κ1) is 28.6. The van der Waals surface area contributed by atoms with E-state index in [9.17, 15) is 9.18 Å². The Morgan fingerprint density at radius 3 is 2.74 bits per heavy atom. The molecule has 10 heteroatoms. The van der Waals surface area contributed by atoms with Gasteiger partial charge in [0.15, 0.2) is 11.5 Å². The highest BCUT2D eigenvalue weighted by atomic mass is 19.1. The number of nitrogens with one attached hydrogen (secondary N) is 1. The number of ether oxygens (including phenoxy) is 1. The zero-order chi connectivity index (χ0) is 30.1. The van der Waals surface area contributed by atoms with Gasteiger partial charge in [0.25, 0.3) is 5.91 Å². The zero-order valence-corrected chi connectivity index (χ0v) is 24.0. The van der Waals surface area contributed by atoms with Crippen molar-refractivity contribution >= 4 is 23.1 Å². The Morgan fingerprint density at radius 1 is 1.23 bits per heavy atom. The Kier molecular flexibility index (Phi) is 8.00. The van der Waals surface area contributed by atoms with Crippen molar-refractivity contribution in [3.8, 4) is 29.4 Å². The predicted octanol–water partition coefficient (Wildman–Crippen LogP) is 5.52. The minimum Gasteiger partial charge on any atom is -0.493 e. The number of anilines is 2. The maximum atomic E-state index is 15.6. The molecule has 0 spiro atoms. The Hall–Kier alpha value is -4.49. The van der Waals surface area contributed by atoms with Crippen molar-refractivity contribution in [3.63, 3.8) is 0 Å². The number of terminal acetylenes is 1. The van der Waals surface area contributed by atoms with Gasteiger partial charge in [-0.25, -0.2) is 18.7 Å². The summed E-state index contributed by atoms with van der Waals surface area (Å²) in [6.45, 7) is 3.31. The summed E-state index contributed by atoms with van der Waals surface area (Å²) in [5, 5.41) is 3.28. The van der Waals surface area contributed by atoms with Gasteiger partial charge in [0, 0.05) is 54.1 Å². The van der Waals surface area contributed by atoms with Crippen molar-refractivity contribution in [1.29, 1.82) is 0 Å². The predicted molar refractivity (Wildman–Crippen MR) is 161 cm³/mol.